The van der Waals surface area contributed by atoms with Crippen molar-refractivity contribution in [3.8, 4) is 0 Å². The number of carbonyl (C=O) groups is 1. The van der Waals surface area contributed by atoms with Crippen LogP contribution in [0.15, 0.2) is 10.3 Å². The van der Waals surface area contributed by atoms with Gasteiger partial charge in [-0.15, -0.1) is 11.3 Å². The summed E-state index contributed by atoms with van der Waals surface area (Å²) in [6.45, 7) is 3.04. The molecule has 1 aromatic heterocycles. The zero-order valence-corrected chi connectivity index (χ0v) is 9.85. The molecule has 0 unspecified atom stereocenters. The quantitative estimate of drug-likeness (QED) is 0.839. The van der Waals surface area contributed by atoms with E-state index in [2.05, 4.69) is 0 Å². The summed E-state index contributed by atoms with van der Waals surface area (Å²) in [5.41, 5.74) is 5.31. The summed E-state index contributed by atoms with van der Waals surface area (Å²) in [5, 5.41) is 9.38. The van der Waals surface area contributed by atoms with Gasteiger partial charge in [-0.1, -0.05) is 0 Å². The first kappa shape index (κ1) is 12.0. The van der Waals surface area contributed by atoms with Gasteiger partial charge in [-0.05, 0) is 13.8 Å². The Bertz CT molecular complexity index is 487. The van der Waals surface area contributed by atoms with Crippen molar-refractivity contribution in [2.45, 2.75) is 24.0 Å². The normalized spacial score (nSPS) is 11.9. The van der Waals surface area contributed by atoms with E-state index in [0.29, 0.717) is 0 Å². The third-order valence-corrected chi connectivity index (χ3v) is 5.24. The molecule has 0 radical (unpaired) electrons. The molecule has 3 N–H and O–H groups in total. The van der Waals surface area contributed by atoms with Crippen LogP contribution >= 0.6 is 11.3 Å². The summed E-state index contributed by atoms with van der Waals surface area (Å²) < 4.78 is 23.4. The maximum absolute atomic E-state index is 11.7. The second-order valence-corrected chi connectivity index (χ2v) is 6.59. The maximum Gasteiger partial charge on any atom is 0.348 e. The van der Waals surface area contributed by atoms with Gasteiger partial charge >= 0.3 is 5.97 Å². The van der Waals surface area contributed by atoms with Gasteiger partial charge in [0.05, 0.1) is 10.9 Å². The fourth-order valence-electron chi connectivity index (χ4n) is 0.991. The van der Waals surface area contributed by atoms with Crippen LogP contribution in [0.25, 0.3) is 0 Å². The molecule has 15 heavy (non-hydrogen) atoms. The largest absolute Gasteiger partial charge is 0.477 e. The maximum atomic E-state index is 11.7. The highest BCUT2D eigenvalue weighted by atomic mass is 32.2. The molecule has 0 aliphatic carbocycles. The Morgan fingerprint density at radius 1 is 1.53 bits per heavy atom. The number of anilines is 1. The van der Waals surface area contributed by atoms with E-state index in [1.54, 1.807) is 0 Å². The first-order valence-electron chi connectivity index (χ1n) is 4.12. The molecule has 0 saturated heterocycles. The van der Waals surface area contributed by atoms with Crippen molar-refractivity contribution in [1.82, 2.24) is 0 Å². The highest BCUT2D eigenvalue weighted by molar-refractivity contribution is 7.92. The number of hydrogen-bond donors (Lipinski definition) is 2. The monoisotopic (exact) mass is 249 g/mol. The Labute approximate surface area is 91.5 Å². The lowest BCUT2D eigenvalue weighted by atomic mass is 10.4. The lowest BCUT2D eigenvalue weighted by Gasteiger charge is -2.06. The van der Waals surface area contributed by atoms with Crippen LogP contribution in [0.3, 0.4) is 0 Å². The molecule has 1 aromatic rings. The average Bonchev–Trinajstić information content (AvgIpc) is 2.46. The third kappa shape index (κ3) is 1.98. The van der Waals surface area contributed by atoms with Gasteiger partial charge in [-0.2, -0.15) is 0 Å². The number of hydrogen-bond acceptors (Lipinski definition) is 5. The summed E-state index contributed by atoms with van der Waals surface area (Å²) in [5.74, 6) is -1.21. The van der Waals surface area contributed by atoms with E-state index in [0.717, 1.165) is 11.3 Å². The number of nitrogens with two attached hydrogens (primary N) is 1. The molecule has 0 bridgehead atoms. The Morgan fingerprint density at radius 2 is 2.07 bits per heavy atom. The fraction of sp³-hybridized carbons (Fsp3) is 0.375. The zero-order valence-electron chi connectivity index (χ0n) is 8.22. The van der Waals surface area contributed by atoms with E-state index in [1.807, 2.05) is 0 Å². The molecule has 84 valence electrons. The van der Waals surface area contributed by atoms with Crippen LogP contribution in [0.4, 0.5) is 5.69 Å². The first-order valence-corrected chi connectivity index (χ1v) is 6.55. The zero-order chi connectivity index (χ0) is 11.8. The van der Waals surface area contributed by atoms with E-state index >= 15 is 0 Å². The van der Waals surface area contributed by atoms with E-state index in [4.69, 9.17) is 10.8 Å². The molecule has 1 heterocycles. The van der Waals surface area contributed by atoms with Crippen molar-refractivity contribution in [3.63, 3.8) is 0 Å². The summed E-state index contributed by atoms with van der Waals surface area (Å²) in [6, 6.07) is 0. The van der Waals surface area contributed by atoms with E-state index < -0.39 is 21.1 Å². The van der Waals surface area contributed by atoms with Crippen molar-refractivity contribution >= 4 is 32.8 Å². The standard InChI is InChI=1S/C8H11NO4S2/c1-4(2)15(12,13)5-3-14-7(6(5)9)8(10)11/h3-4H,9H2,1-2H3,(H,10,11). The molecule has 0 fully saturated rings. The van der Waals surface area contributed by atoms with Gasteiger partial charge in [0.25, 0.3) is 0 Å². The fourth-order valence-corrected chi connectivity index (χ4v) is 3.34. The molecular formula is C8H11NO4S2. The van der Waals surface area contributed by atoms with Crippen LogP contribution in [0.5, 0.6) is 0 Å². The smallest absolute Gasteiger partial charge is 0.348 e. The van der Waals surface area contributed by atoms with Crippen LogP contribution in [-0.4, -0.2) is 24.7 Å². The number of thiophene rings is 1. The van der Waals surface area contributed by atoms with Crippen molar-refractivity contribution in [3.05, 3.63) is 10.3 Å². The van der Waals surface area contributed by atoms with Crippen molar-refractivity contribution < 1.29 is 18.3 Å². The summed E-state index contributed by atoms with van der Waals surface area (Å²) in [6.07, 6.45) is 0. The molecule has 0 spiro atoms. The minimum atomic E-state index is -3.50. The van der Waals surface area contributed by atoms with Gasteiger partial charge in [0, 0.05) is 5.38 Å². The van der Waals surface area contributed by atoms with Gasteiger partial charge in [-0.25, -0.2) is 13.2 Å². The minimum Gasteiger partial charge on any atom is -0.477 e. The van der Waals surface area contributed by atoms with Crippen LogP contribution in [-0.2, 0) is 9.84 Å². The van der Waals surface area contributed by atoms with E-state index in [9.17, 15) is 13.2 Å². The Hall–Kier alpha value is -1.08. The SMILES string of the molecule is CC(C)S(=O)(=O)c1csc(C(=O)O)c1N. The second-order valence-electron chi connectivity index (χ2n) is 3.24. The number of sulfone groups is 1. The molecule has 0 atom stereocenters. The van der Waals surface area contributed by atoms with Crippen LogP contribution in [0.2, 0.25) is 0 Å². The van der Waals surface area contributed by atoms with E-state index in [1.165, 1.54) is 19.2 Å². The minimum absolute atomic E-state index is 0.0834. The molecule has 0 aliphatic heterocycles. The Balaban J connectivity index is 3.37. The summed E-state index contributed by atoms with van der Waals surface area (Å²) in [7, 11) is -3.50. The third-order valence-electron chi connectivity index (χ3n) is 1.92. The predicted octanol–water partition coefficient (Wildman–Crippen LogP) is 1.21. The topological polar surface area (TPSA) is 97.5 Å². The van der Waals surface area contributed by atoms with Crippen LogP contribution in [0.1, 0.15) is 23.5 Å². The lowest BCUT2D eigenvalue weighted by molar-refractivity contribution is 0.0703. The molecule has 0 aliphatic rings. The van der Waals surface area contributed by atoms with Gasteiger partial charge in [0.15, 0.2) is 9.84 Å². The second kappa shape index (κ2) is 3.82. The predicted molar refractivity (Wildman–Crippen MR) is 58.0 cm³/mol. The van der Waals surface area contributed by atoms with Crippen molar-refractivity contribution in [1.29, 1.82) is 0 Å². The van der Waals surface area contributed by atoms with Crippen molar-refractivity contribution in [2.24, 2.45) is 0 Å². The van der Waals surface area contributed by atoms with Gasteiger partial charge in [0.1, 0.15) is 9.77 Å². The summed E-state index contributed by atoms with van der Waals surface area (Å²) in [4.78, 5) is 10.5. The summed E-state index contributed by atoms with van der Waals surface area (Å²) >= 11 is 0.825. The molecule has 0 saturated carbocycles. The van der Waals surface area contributed by atoms with Gasteiger partial charge in [-0.3, -0.25) is 0 Å². The number of rotatable bonds is 3. The molecule has 7 heteroatoms. The van der Waals surface area contributed by atoms with Gasteiger partial charge < -0.3 is 10.8 Å². The molecule has 0 amide bonds. The average molecular weight is 249 g/mol. The van der Waals surface area contributed by atoms with Crippen LogP contribution in [0, 0.1) is 0 Å². The van der Waals surface area contributed by atoms with Crippen LogP contribution < -0.4 is 5.73 Å². The molecule has 1 rings (SSSR count). The highest BCUT2D eigenvalue weighted by Crippen LogP contribution is 2.31. The number of aromatic carboxylic acids is 1. The number of carboxylic acid groups (broad SMARTS) is 1. The van der Waals surface area contributed by atoms with Crippen molar-refractivity contribution in [2.75, 3.05) is 5.73 Å². The number of carboxylic acids is 1. The first-order chi connectivity index (χ1) is 6.78. The van der Waals surface area contributed by atoms with Gasteiger partial charge in [0.2, 0.25) is 0 Å². The Morgan fingerprint density at radius 3 is 2.40 bits per heavy atom. The lowest BCUT2D eigenvalue weighted by Crippen LogP contribution is -2.15. The Kier molecular flexibility index (Phi) is 3.05. The molecule has 0 aromatic carbocycles. The highest BCUT2D eigenvalue weighted by Gasteiger charge is 2.26. The molecule has 5 nitrogen and oxygen atoms in total. The molecular weight excluding hydrogens is 238 g/mol. The van der Waals surface area contributed by atoms with E-state index in [-0.39, 0.29) is 15.5 Å². The number of nitrogen functional groups attached to an aromatic ring is 1.